The van der Waals surface area contributed by atoms with Gasteiger partial charge in [0.05, 0.1) is 0 Å². The number of amides is 1. The Kier molecular flexibility index (Phi) is 3.49. The molecule has 0 aliphatic carbocycles. The Labute approximate surface area is 119 Å². The van der Waals surface area contributed by atoms with E-state index in [2.05, 4.69) is 11.0 Å². The second-order valence-corrected chi connectivity index (χ2v) is 5.49. The first-order valence-electron chi connectivity index (χ1n) is 7.18. The average molecular weight is 270 g/mol. The first-order chi connectivity index (χ1) is 9.68. The third-order valence-electron chi connectivity index (χ3n) is 4.26. The van der Waals surface area contributed by atoms with Gasteiger partial charge in [-0.25, -0.2) is 0 Å². The van der Waals surface area contributed by atoms with Gasteiger partial charge in [0, 0.05) is 24.5 Å². The van der Waals surface area contributed by atoms with Crippen LogP contribution in [0.2, 0.25) is 0 Å². The minimum absolute atomic E-state index is 0.347. The SMILES string of the molecule is Cn1c(C(N)=O)c(CCN2CCCC2)c2cc[c]cc21. The quantitative estimate of drug-likeness (QED) is 0.919. The Hall–Kier alpha value is -1.81. The van der Waals surface area contributed by atoms with Crippen molar-refractivity contribution in [1.29, 1.82) is 0 Å². The third-order valence-corrected chi connectivity index (χ3v) is 4.26. The van der Waals surface area contributed by atoms with E-state index in [-0.39, 0.29) is 5.91 Å². The van der Waals surface area contributed by atoms with Gasteiger partial charge in [-0.05, 0) is 50.0 Å². The molecule has 0 unspecified atom stereocenters. The molecule has 1 aromatic heterocycles. The lowest BCUT2D eigenvalue weighted by molar-refractivity contribution is 0.0992. The summed E-state index contributed by atoms with van der Waals surface area (Å²) in [6, 6.07) is 8.91. The van der Waals surface area contributed by atoms with Gasteiger partial charge in [-0.2, -0.15) is 0 Å². The minimum atomic E-state index is -0.347. The number of rotatable bonds is 4. The van der Waals surface area contributed by atoms with E-state index < -0.39 is 0 Å². The predicted molar refractivity (Wildman–Crippen MR) is 79.7 cm³/mol. The number of benzene rings is 1. The fourth-order valence-corrected chi connectivity index (χ4v) is 3.25. The molecule has 4 heteroatoms. The highest BCUT2D eigenvalue weighted by molar-refractivity contribution is 6.00. The maximum atomic E-state index is 11.8. The summed E-state index contributed by atoms with van der Waals surface area (Å²) in [6.45, 7) is 3.34. The number of carbonyl (C=O) groups excluding carboxylic acids is 1. The van der Waals surface area contributed by atoms with Crippen LogP contribution in [0, 0.1) is 6.07 Å². The van der Waals surface area contributed by atoms with Crippen molar-refractivity contribution in [2.45, 2.75) is 19.3 Å². The van der Waals surface area contributed by atoms with Gasteiger partial charge in [-0.3, -0.25) is 4.79 Å². The summed E-state index contributed by atoms with van der Waals surface area (Å²) >= 11 is 0. The molecule has 1 aliphatic heterocycles. The van der Waals surface area contributed by atoms with Gasteiger partial charge in [-0.1, -0.05) is 12.1 Å². The van der Waals surface area contributed by atoms with Gasteiger partial charge in [-0.15, -0.1) is 0 Å². The number of primary amides is 1. The summed E-state index contributed by atoms with van der Waals surface area (Å²) < 4.78 is 1.90. The molecule has 3 rings (SSSR count). The lowest BCUT2D eigenvalue weighted by Crippen LogP contribution is -2.23. The number of aromatic nitrogens is 1. The Bertz CT molecular complexity index is 638. The van der Waals surface area contributed by atoms with Crippen LogP contribution in [0.3, 0.4) is 0 Å². The number of nitrogens with two attached hydrogens (primary N) is 1. The molecule has 0 saturated carbocycles. The Morgan fingerprint density at radius 1 is 1.40 bits per heavy atom. The molecular weight excluding hydrogens is 250 g/mol. The second kappa shape index (κ2) is 5.29. The molecule has 1 fully saturated rings. The van der Waals surface area contributed by atoms with Gasteiger partial charge in [0.25, 0.3) is 5.91 Å². The lowest BCUT2D eigenvalue weighted by Gasteiger charge is -2.14. The van der Waals surface area contributed by atoms with Crippen molar-refractivity contribution in [1.82, 2.24) is 9.47 Å². The third kappa shape index (κ3) is 2.20. The average Bonchev–Trinajstić information content (AvgIpc) is 3.04. The summed E-state index contributed by atoms with van der Waals surface area (Å²) in [6.07, 6.45) is 3.44. The van der Waals surface area contributed by atoms with E-state index in [1.54, 1.807) is 0 Å². The molecule has 2 heterocycles. The second-order valence-electron chi connectivity index (χ2n) is 5.49. The van der Waals surface area contributed by atoms with Crippen molar-refractivity contribution >= 4 is 16.8 Å². The molecule has 105 valence electrons. The van der Waals surface area contributed by atoms with Crippen LogP contribution >= 0.6 is 0 Å². The minimum Gasteiger partial charge on any atom is -0.364 e. The number of aryl methyl sites for hydroxylation is 1. The first kappa shape index (κ1) is 13.2. The zero-order chi connectivity index (χ0) is 14.1. The fraction of sp³-hybridized carbons (Fsp3) is 0.438. The molecule has 1 amide bonds. The Balaban J connectivity index is 1.98. The van der Waals surface area contributed by atoms with E-state index in [1.165, 1.54) is 25.9 Å². The van der Waals surface area contributed by atoms with Crippen LogP contribution in [-0.4, -0.2) is 35.0 Å². The van der Waals surface area contributed by atoms with Gasteiger partial charge in [0.2, 0.25) is 0 Å². The summed E-state index contributed by atoms with van der Waals surface area (Å²) in [7, 11) is 1.90. The summed E-state index contributed by atoms with van der Waals surface area (Å²) in [5, 5.41) is 1.12. The lowest BCUT2D eigenvalue weighted by atomic mass is 10.1. The molecular formula is C16H20N3O. The van der Waals surface area contributed by atoms with E-state index in [0.29, 0.717) is 5.69 Å². The van der Waals surface area contributed by atoms with Crippen molar-refractivity contribution < 1.29 is 4.79 Å². The van der Waals surface area contributed by atoms with E-state index >= 15 is 0 Å². The molecule has 1 radical (unpaired) electrons. The van der Waals surface area contributed by atoms with E-state index in [4.69, 9.17) is 5.73 Å². The Morgan fingerprint density at radius 2 is 2.15 bits per heavy atom. The molecule has 1 aliphatic rings. The van der Waals surface area contributed by atoms with Gasteiger partial charge < -0.3 is 15.2 Å². The van der Waals surface area contributed by atoms with Crippen molar-refractivity contribution in [3.8, 4) is 0 Å². The van der Waals surface area contributed by atoms with Crippen LogP contribution in [0.1, 0.15) is 28.9 Å². The largest absolute Gasteiger partial charge is 0.364 e. The van der Waals surface area contributed by atoms with Crippen molar-refractivity contribution in [2.24, 2.45) is 12.8 Å². The topological polar surface area (TPSA) is 51.3 Å². The highest BCUT2D eigenvalue weighted by Gasteiger charge is 2.20. The molecule has 0 atom stereocenters. The molecule has 1 aromatic carbocycles. The summed E-state index contributed by atoms with van der Waals surface area (Å²) in [5.41, 5.74) is 8.32. The Morgan fingerprint density at radius 3 is 2.85 bits per heavy atom. The first-order valence-corrected chi connectivity index (χ1v) is 7.18. The number of hydrogen-bond acceptors (Lipinski definition) is 2. The monoisotopic (exact) mass is 270 g/mol. The highest BCUT2D eigenvalue weighted by atomic mass is 16.1. The van der Waals surface area contributed by atoms with E-state index in [0.717, 1.165) is 29.4 Å². The van der Waals surface area contributed by atoms with Crippen LogP contribution in [0.25, 0.3) is 10.9 Å². The number of nitrogens with zero attached hydrogens (tertiary/aromatic N) is 2. The maximum Gasteiger partial charge on any atom is 0.265 e. The van der Waals surface area contributed by atoms with Crippen molar-refractivity contribution in [3.63, 3.8) is 0 Å². The normalized spacial score (nSPS) is 16.1. The predicted octanol–water partition coefficient (Wildman–Crippen LogP) is 1.72. The van der Waals surface area contributed by atoms with Gasteiger partial charge in [0.1, 0.15) is 5.69 Å². The summed E-state index contributed by atoms with van der Waals surface area (Å²) in [5.74, 6) is -0.347. The zero-order valence-electron chi connectivity index (χ0n) is 11.9. The smallest absolute Gasteiger partial charge is 0.265 e. The van der Waals surface area contributed by atoms with Gasteiger partial charge >= 0.3 is 0 Å². The van der Waals surface area contributed by atoms with Crippen molar-refractivity contribution in [2.75, 3.05) is 19.6 Å². The molecule has 2 aromatic rings. The molecule has 20 heavy (non-hydrogen) atoms. The van der Waals surface area contributed by atoms with Crippen molar-refractivity contribution in [3.05, 3.63) is 35.5 Å². The molecule has 2 N–H and O–H groups in total. The molecule has 0 bridgehead atoms. The number of carbonyl (C=O) groups is 1. The number of hydrogen-bond donors (Lipinski definition) is 1. The van der Waals surface area contributed by atoms with Crippen LogP contribution in [0.15, 0.2) is 18.2 Å². The van der Waals surface area contributed by atoms with E-state index in [1.807, 2.05) is 29.8 Å². The number of likely N-dealkylation sites (tertiary alicyclic amines) is 1. The fourth-order valence-electron chi connectivity index (χ4n) is 3.25. The maximum absolute atomic E-state index is 11.8. The van der Waals surface area contributed by atoms with E-state index in [9.17, 15) is 4.79 Å². The molecule has 1 saturated heterocycles. The number of fused-ring (bicyclic) bond motifs is 1. The highest BCUT2D eigenvalue weighted by Crippen LogP contribution is 2.26. The standard InChI is InChI=1S/C16H20N3O/c1-18-14-7-3-2-6-12(14)13(15(18)16(17)20)8-11-19-9-4-5-10-19/h2,6-7H,4-5,8-11H2,1H3,(H2,17,20). The molecule has 0 spiro atoms. The van der Waals surface area contributed by atoms with Crippen LogP contribution in [-0.2, 0) is 13.5 Å². The van der Waals surface area contributed by atoms with Crippen LogP contribution in [0.4, 0.5) is 0 Å². The van der Waals surface area contributed by atoms with Gasteiger partial charge in [0.15, 0.2) is 0 Å². The van der Waals surface area contributed by atoms with Crippen LogP contribution < -0.4 is 5.73 Å². The molecule has 4 nitrogen and oxygen atoms in total. The summed E-state index contributed by atoms with van der Waals surface area (Å²) in [4.78, 5) is 14.2. The van der Waals surface area contributed by atoms with Crippen LogP contribution in [0.5, 0.6) is 0 Å². The zero-order valence-corrected chi connectivity index (χ0v) is 11.9.